The number of amides is 1. The fraction of sp³-hybridized carbons (Fsp3) is 0.550. The van der Waals surface area contributed by atoms with Gasteiger partial charge in [0.1, 0.15) is 0 Å². The van der Waals surface area contributed by atoms with E-state index >= 15 is 0 Å². The van der Waals surface area contributed by atoms with E-state index in [0.717, 1.165) is 50.3 Å². The molecule has 3 nitrogen and oxygen atoms in total. The average molecular weight is 350 g/mol. The smallest absolute Gasteiger partial charge is 0.246 e. The third-order valence-electron chi connectivity index (χ3n) is 4.86. The van der Waals surface area contributed by atoms with Gasteiger partial charge in [-0.1, -0.05) is 13.0 Å². The maximum Gasteiger partial charge on any atom is 0.246 e. The van der Waals surface area contributed by atoms with E-state index in [-0.39, 0.29) is 11.9 Å². The zero-order valence-corrected chi connectivity index (χ0v) is 15.3. The maximum atomic E-state index is 13.3. The molecule has 1 aliphatic rings. The van der Waals surface area contributed by atoms with Crippen molar-refractivity contribution in [1.82, 2.24) is 9.80 Å². The fourth-order valence-corrected chi connectivity index (χ4v) is 3.21. The number of rotatable bonds is 6. The molecular formula is C20H28F2N2O. The number of nitrogens with zero attached hydrogens (tertiary/aromatic N) is 2. The van der Waals surface area contributed by atoms with Crippen molar-refractivity contribution in [3.8, 4) is 0 Å². The first kappa shape index (κ1) is 19.6. The lowest BCUT2D eigenvalue weighted by Crippen LogP contribution is -2.44. The van der Waals surface area contributed by atoms with Crippen molar-refractivity contribution >= 4 is 12.0 Å². The van der Waals surface area contributed by atoms with E-state index in [9.17, 15) is 13.6 Å². The lowest BCUT2D eigenvalue weighted by Gasteiger charge is -2.36. The van der Waals surface area contributed by atoms with E-state index in [2.05, 4.69) is 11.8 Å². The summed E-state index contributed by atoms with van der Waals surface area (Å²) in [4.78, 5) is 16.7. The van der Waals surface area contributed by atoms with Crippen molar-refractivity contribution in [2.45, 2.75) is 38.6 Å². The van der Waals surface area contributed by atoms with Gasteiger partial charge >= 0.3 is 0 Å². The summed E-state index contributed by atoms with van der Waals surface area (Å²) in [6.07, 6.45) is 7.37. The standard InChI is InChI=1S/C20H28F2N2O/c1-15-4-8-17(9-5-15)24(13-12-23(2)3)20(25)11-7-16-6-10-18(21)19(22)14-16/h6-7,10-11,14-15,17H,4-5,8-9,12-13H2,1-3H3. The van der Waals surface area contributed by atoms with Crippen LogP contribution >= 0.6 is 0 Å². The van der Waals surface area contributed by atoms with E-state index in [0.29, 0.717) is 12.1 Å². The van der Waals surface area contributed by atoms with Crippen molar-refractivity contribution < 1.29 is 13.6 Å². The Hall–Kier alpha value is -1.75. The molecule has 1 aromatic carbocycles. The molecule has 1 fully saturated rings. The van der Waals surface area contributed by atoms with Gasteiger partial charge in [0, 0.05) is 25.2 Å². The Morgan fingerprint density at radius 3 is 2.40 bits per heavy atom. The molecule has 2 rings (SSSR count). The van der Waals surface area contributed by atoms with Gasteiger partial charge in [0.05, 0.1) is 0 Å². The minimum Gasteiger partial charge on any atom is -0.335 e. The van der Waals surface area contributed by atoms with Gasteiger partial charge in [0.25, 0.3) is 0 Å². The Morgan fingerprint density at radius 2 is 1.80 bits per heavy atom. The molecule has 1 aromatic rings. The van der Waals surface area contributed by atoms with Gasteiger partial charge in [0.2, 0.25) is 5.91 Å². The van der Waals surface area contributed by atoms with Crippen molar-refractivity contribution in [1.29, 1.82) is 0 Å². The minimum atomic E-state index is -0.902. The van der Waals surface area contributed by atoms with Crippen LogP contribution < -0.4 is 0 Å². The molecule has 0 heterocycles. The van der Waals surface area contributed by atoms with Crippen LogP contribution in [0, 0.1) is 17.6 Å². The summed E-state index contributed by atoms with van der Waals surface area (Å²) in [6.45, 7) is 3.73. The molecule has 0 aromatic heterocycles. The third-order valence-corrected chi connectivity index (χ3v) is 4.86. The minimum absolute atomic E-state index is 0.0638. The average Bonchev–Trinajstić information content (AvgIpc) is 2.57. The second-order valence-corrected chi connectivity index (χ2v) is 7.26. The predicted molar refractivity (Wildman–Crippen MR) is 97.1 cm³/mol. The van der Waals surface area contributed by atoms with Crippen LogP contribution in [0.15, 0.2) is 24.3 Å². The number of halogens is 2. The van der Waals surface area contributed by atoms with E-state index < -0.39 is 11.6 Å². The molecule has 0 unspecified atom stereocenters. The first-order chi connectivity index (χ1) is 11.9. The largest absolute Gasteiger partial charge is 0.335 e. The third kappa shape index (κ3) is 5.92. The molecule has 1 amide bonds. The topological polar surface area (TPSA) is 23.6 Å². The zero-order valence-electron chi connectivity index (χ0n) is 15.3. The highest BCUT2D eigenvalue weighted by Crippen LogP contribution is 2.27. The Kier molecular flexibility index (Phi) is 7.12. The van der Waals surface area contributed by atoms with Crippen LogP contribution in [0.5, 0.6) is 0 Å². The number of benzene rings is 1. The molecule has 0 aliphatic heterocycles. The SMILES string of the molecule is CC1CCC(N(CCN(C)C)C(=O)C=Cc2ccc(F)c(F)c2)CC1. The summed E-state index contributed by atoms with van der Waals surface area (Å²) < 4.78 is 26.3. The fourth-order valence-electron chi connectivity index (χ4n) is 3.21. The lowest BCUT2D eigenvalue weighted by atomic mass is 9.86. The summed E-state index contributed by atoms with van der Waals surface area (Å²) in [5.74, 6) is -1.13. The van der Waals surface area contributed by atoms with Gasteiger partial charge in [-0.2, -0.15) is 0 Å². The molecule has 0 saturated heterocycles. The second kappa shape index (κ2) is 9.09. The Balaban J connectivity index is 2.07. The van der Waals surface area contributed by atoms with Crippen molar-refractivity contribution in [3.63, 3.8) is 0 Å². The van der Waals surface area contributed by atoms with Gasteiger partial charge in [-0.3, -0.25) is 4.79 Å². The van der Waals surface area contributed by atoms with Gasteiger partial charge in [-0.15, -0.1) is 0 Å². The van der Waals surface area contributed by atoms with E-state index in [1.807, 2.05) is 19.0 Å². The number of hydrogen-bond donors (Lipinski definition) is 0. The van der Waals surface area contributed by atoms with Gasteiger partial charge in [-0.25, -0.2) is 8.78 Å². The predicted octanol–water partition coefficient (Wildman–Crippen LogP) is 3.95. The highest BCUT2D eigenvalue weighted by molar-refractivity contribution is 5.92. The van der Waals surface area contributed by atoms with E-state index in [4.69, 9.17) is 0 Å². The van der Waals surface area contributed by atoms with Crippen LogP contribution in [0.25, 0.3) is 6.08 Å². The van der Waals surface area contributed by atoms with Gasteiger partial charge in [-0.05, 0) is 69.5 Å². The Bertz CT molecular complexity index is 608. The van der Waals surface area contributed by atoms with Crippen LogP contribution in [-0.4, -0.2) is 48.9 Å². The van der Waals surface area contributed by atoms with Gasteiger partial charge < -0.3 is 9.80 Å². The van der Waals surface area contributed by atoms with Crippen molar-refractivity contribution in [2.75, 3.05) is 27.2 Å². The van der Waals surface area contributed by atoms with Gasteiger partial charge in [0.15, 0.2) is 11.6 Å². The zero-order chi connectivity index (χ0) is 18.4. The molecule has 1 saturated carbocycles. The molecule has 0 spiro atoms. The second-order valence-electron chi connectivity index (χ2n) is 7.26. The summed E-state index contributed by atoms with van der Waals surface area (Å²) >= 11 is 0. The van der Waals surface area contributed by atoms with E-state index in [1.54, 1.807) is 6.08 Å². The monoisotopic (exact) mass is 350 g/mol. The highest BCUT2D eigenvalue weighted by Gasteiger charge is 2.26. The first-order valence-electron chi connectivity index (χ1n) is 8.95. The first-order valence-corrected chi connectivity index (χ1v) is 8.95. The molecule has 0 radical (unpaired) electrons. The van der Waals surface area contributed by atoms with Crippen LogP contribution in [0.3, 0.4) is 0 Å². The highest BCUT2D eigenvalue weighted by atomic mass is 19.2. The normalized spacial score (nSPS) is 21.0. The number of carbonyl (C=O) groups is 1. The summed E-state index contributed by atoms with van der Waals surface area (Å²) in [5.41, 5.74) is 0.483. The van der Waals surface area contributed by atoms with Crippen molar-refractivity contribution in [2.24, 2.45) is 5.92 Å². The molecule has 5 heteroatoms. The number of hydrogen-bond acceptors (Lipinski definition) is 2. The Morgan fingerprint density at radius 1 is 1.12 bits per heavy atom. The summed E-state index contributed by atoms with van der Waals surface area (Å²) in [5, 5.41) is 0. The molecule has 25 heavy (non-hydrogen) atoms. The molecule has 138 valence electrons. The molecule has 1 aliphatic carbocycles. The maximum absolute atomic E-state index is 13.3. The van der Waals surface area contributed by atoms with Crippen molar-refractivity contribution in [3.05, 3.63) is 41.5 Å². The van der Waals surface area contributed by atoms with E-state index in [1.165, 1.54) is 12.1 Å². The Labute approximate surface area is 149 Å². The summed E-state index contributed by atoms with van der Waals surface area (Å²) in [6, 6.07) is 3.91. The quantitative estimate of drug-likeness (QED) is 0.726. The summed E-state index contributed by atoms with van der Waals surface area (Å²) in [7, 11) is 3.98. The molecule has 0 atom stereocenters. The van der Waals surface area contributed by atoms with Crippen LogP contribution in [0.2, 0.25) is 0 Å². The number of likely N-dealkylation sites (N-methyl/N-ethyl adjacent to an activating group) is 1. The van der Waals surface area contributed by atoms with Crippen LogP contribution in [0.4, 0.5) is 8.78 Å². The molecule has 0 N–H and O–H groups in total. The molecular weight excluding hydrogens is 322 g/mol. The van der Waals surface area contributed by atoms with Crippen LogP contribution in [-0.2, 0) is 4.79 Å². The molecule has 0 bridgehead atoms. The number of carbonyl (C=O) groups excluding carboxylic acids is 1. The lowest BCUT2D eigenvalue weighted by molar-refractivity contribution is -0.129. The van der Waals surface area contributed by atoms with Crippen LogP contribution in [0.1, 0.15) is 38.2 Å².